The van der Waals surface area contributed by atoms with E-state index in [1.165, 1.54) is 28.8 Å². The minimum absolute atomic E-state index is 0. The Kier molecular flexibility index (Phi) is 6.81. The lowest BCUT2D eigenvalue weighted by atomic mass is 10.2. The molecule has 3 aromatic carbocycles. The van der Waals surface area contributed by atoms with Gasteiger partial charge >= 0.3 is 0 Å². The third kappa shape index (κ3) is 4.60. The zero-order valence-electron chi connectivity index (χ0n) is 18.4. The minimum Gasteiger partial charge on any atom is -0.457 e. The number of piperazine rings is 1. The topological polar surface area (TPSA) is 50.6 Å². The van der Waals surface area contributed by atoms with Crippen molar-refractivity contribution < 1.29 is 13.5 Å². The maximum atomic E-state index is 14.5. The van der Waals surface area contributed by atoms with E-state index in [-0.39, 0.29) is 34.7 Å². The van der Waals surface area contributed by atoms with E-state index < -0.39 is 5.82 Å². The van der Waals surface area contributed by atoms with E-state index in [2.05, 4.69) is 9.88 Å². The van der Waals surface area contributed by atoms with Crippen LogP contribution in [0.25, 0.3) is 16.6 Å². The van der Waals surface area contributed by atoms with Crippen LogP contribution < -0.4 is 15.2 Å². The molecule has 0 unspecified atom stereocenters. The van der Waals surface area contributed by atoms with Gasteiger partial charge in [-0.3, -0.25) is 4.79 Å². The molecule has 176 valence electrons. The number of hydrogen-bond acceptors (Lipinski definition) is 5. The van der Waals surface area contributed by atoms with Crippen LogP contribution in [-0.4, -0.2) is 47.7 Å². The maximum Gasteiger partial charge on any atom is 0.267 e. The summed E-state index contributed by atoms with van der Waals surface area (Å²) in [5.41, 5.74) is 0.337. The van der Waals surface area contributed by atoms with Crippen LogP contribution in [0, 0.1) is 11.6 Å². The van der Waals surface area contributed by atoms with Gasteiger partial charge in [0.25, 0.3) is 5.56 Å². The summed E-state index contributed by atoms with van der Waals surface area (Å²) in [7, 11) is 2.04. The summed E-state index contributed by atoms with van der Waals surface area (Å²) in [6.07, 6.45) is 0. The number of halogens is 3. The molecular weight excluding hydrogens is 462 g/mol. The van der Waals surface area contributed by atoms with Crippen molar-refractivity contribution in [2.75, 3.05) is 38.1 Å². The van der Waals surface area contributed by atoms with Crippen molar-refractivity contribution in [2.45, 2.75) is 0 Å². The summed E-state index contributed by atoms with van der Waals surface area (Å²) in [5, 5.41) is 0.222. The normalized spacial score (nSPS) is 14.1. The summed E-state index contributed by atoms with van der Waals surface area (Å²) in [6, 6.07) is 17.1. The highest BCUT2D eigenvalue weighted by Gasteiger charge is 2.22. The lowest BCUT2D eigenvalue weighted by molar-refractivity contribution is 0.310. The van der Waals surface area contributed by atoms with Crippen LogP contribution in [0.1, 0.15) is 0 Å². The number of aromatic nitrogens is 2. The molecule has 0 bridgehead atoms. The molecule has 1 saturated heterocycles. The Morgan fingerprint density at radius 1 is 0.853 bits per heavy atom. The standard InChI is InChI=1S/C25H22F2N4O2.ClH/c1-29-13-15-30(16-14-29)25-28-23-21(3-2-4-22(23)27)24(32)31(25)18-7-11-20(12-8-18)33-19-9-5-17(26)6-10-19;/h2-12H,13-16H2,1H3;1H. The van der Waals surface area contributed by atoms with Gasteiger partial charge in [0.1, 0.15) is 28.7 Å². The predicted octanol–water partition coefficient (Wildman–Crippen LogP) is 4.63. The molecule has 0 aliphatic carbocycles. The molecule has 5 rings (SSSR count). The van der Waals surface area contributed by atoms with E-state index in [1.807, 2.05) is 11.9 Å². The number of benzene rings is 3. The molecule has 0 saturated carbocycles. The van der Waals surface area contributed by atoms with Crippen LogP contribution in [-0.2, 0) is 0 Å². The van der Waals surface area contributed by atoms with E-state index in [0.29, 0.717) is 36.2 Å². The first-order valence-corrected chi connectivity index (χ1v) is 10.7. The highest BCUT2D eigenvalue weighted by molar-refractivity contribution is 5.85. The Hall–Kier alpha value is -3.49. The Labute approximate surface area is 201 Å². The van der Waals surface area contributed by atoms with Gasteiger partial charge in [-0.15, -0.1) is 12.4 Å². The van der Waals surface area contributed by atoms with Gasteiger partial charge in [-0.25, -0.2) is 18.3 Å². The highest BCUT2D eigenvalue weighted by atomic mass is 35.5. The molecule has 0 atom stereocenters. The predicted molar refractivity (Wildman–Crippen MR) is 131 cm³/mol. The summed E-state index contributed by atoms with van der Waals surface area (Å²) >= 11 is 0. The number of fused-ring (bicyclic) bond motifs is 1. The fourth-order valence-corrected chi connectivity index (χ4v) is 3.92. The summed E-state index contributed by atoms with van der Waals surface area (Å²) in [6.45, 7) is 2.98. The Morgan fingerprint density at radius 3 is 2.12 bits per heavy atom. The average Bonchev–Trinajstić information content (AvgIpc) is 2.82. The molecule has 0 radical (unpaired) electrons. The number of likely N-dealkylation sites (N-methyl/N-ethyl adjacent to an activating group) is 1. The number of rotatable bonds is 4. The van der Waals surface area contributed by atoms with Gasteiger partial charge in [-0.1, -0.05) is 6.07 Å². The maximum absolute atomic E-state index is 14.5. The van der Waals surface area contributed by atoms with Crippen molar-refractivity contribution in [3.8, 4) is 17.2 Å². The van der Waals surface area contributed by atoms with Crippen LogP contribution >= 0.6 is 12.4 Å². The van der Waals surface area contributed by atoms with E-state index in [1.54, 1.807) is 42.5 Å². The van der Waals surface area contributed by atoms with Crippen molar-refractivity contribution in [3.05, 3.63) is 88.7 Å². The van der Waals surface area contributed by atoms with E-state index in [9.17, 15) is 13.6 Å². The van der Waals surface area contributed by atoms with Gasteiger partial charge in [0.05, 0.1) is 11.1 Å². The molecule has 1 aliphatic heterocycles. The second kappa shape index (κ2) is 9.79. The smallest absolute Gasteiger partial charge is 0.267 e. The van der Waals surface area contributed by atoms with Gasteiger partial charge < -0.3 is 14.5 Å². The molecule has 1 fully saturated rings. The van der Waals surface area contributed by atoms with Gasteiger partial charge in [0.15, 0.2) is 0 Å². The number of nitrogens with zero attached hydrogens (tertiary/aromatic N) is 4. The number of anilines is 1. The van der Waals surface area contributed by atoms with Crippen molar-refractivity contribution in [1.29, 1.82) is 0 Å². The SMILES string of the molecule is CN1CCN(c2nc3c(F)cccc3c(=O)n2-c2ccc(Oc3ccc(F)cc3)cc2)CC1.Cl. The van der Waals surface area contributed by atoms with Crippen molar-refractivity contribution in [3.63, 3.8) is 0 Å². The number of ether oxygens (including phenoxy) is 1. The summed E-state index contributed by atoms with van der Waals surface area (Å²) < 4.78 is 34.9. The molecule has 9 heteroatoms. The van der Waals surface area contributed by atoms with E-state index in [0.717, 1.165) is 13.1 Å². The van der Waals surface area contributed by atoms with Crippen molar-refractivity contribution >= 4 is 29.3 Å². The molecule has 0 amide bonds. The lowest BCUT2D eigenvalue weighted by Crippen LogP contribution is -2.46. The molecule has 4 aromatic rings. The molecule has 0 spiro atoms. The van der Waals surface area contributed by atoms with Crippen LogP contribution in [0.15, 0.2) is 71.5 Å². The Balaban J connectivity index is 0.00000274. The average molecular weight is 485 g/mol. The van der Waals surface area contributed by atoms with E-state index >= 15 is 0 Å². The number of para-hydroxylation sites is 1. The summed E-state index contributed by atoms with van der Waals surface area (Å²) in [5.74, 6) is 0.600. The van der Waals surface area contributed by atoms with Crippen molar-refractivity contribution in [1.82, 2.24) is 14.5 Å². The lowest BCUT2D eigenvalue weighted by Gasteiger charge is -2.34. The van der Waals surface area contributed by atoms with Gasteiger partial charge in [0, 0.05) is 26.2 Å². The van der Waals surface area contributed by atoms with Crippen LogP contribution in [0.5, 0.6) is 11.5 Å². The van der Waals surface area contributed by atoms with Gasteiger partial charge in [-0.05, 0) is 67.7 Å². The molecule has 0 N–H and O–H groups in total. The largest absolute Gasteiger partial charge is 0.457 e. The first-order chi connectivity index (χ1) is 16.0. The molecule has 1 aliphatic rings. The zero-order chi connectivity index (χ0) is 22.9. The molecule has 2 heterocycles. The van der Waals surface area contributed by atoms with Crippen LogP contribution in [0.2, 0.25) is 0 Å². The van der Waals surface area contributed by atoms with Gasteiger partial charge in [0.2, 0.25) is 5.95 Å². The second-order valence-corrected chi connectivity index (χ2v) is 8.03. The van der Waals surface area contributed by atoms with Gasteiger partial charge in [-0.2, -0.15) is 0 Å². The molecular formula is C25H23ClF2N4O2. The number of hydrogen-bond donors (Lipinski definition) is 0. The molecule has 6 nitrogen and oxygen atoms in total. The van der Waals surface area contributed by atoms with Crippen LogP contribution in [0.3, 0.4) is 0 Å². The fourth-order valence-electron chi connectivity index (χ4n) is 3.92. The third-order valence-corrected chi connectivity index (χ3v) is 5.76. The van der Waals surface area contributed by atoms with Crippen LogP contribution in [0.4, 0.5) is 14.7 Å². The first kappa shape index (κ1) is 23.7. The van der Waals surface area contributed by atoms with E-state index in [4.69, 9.17) is 4.74 Å². The molecule has 34 heavy (non-hydrogen) atoms. The fraction of sp³-hybridized carbons (Fsp3) is 0.200. The van der Waals surface area contributed by atoms with Crippen molar-refractivity contribution in [2.24, 2.45) is 0 Å². The monoisotopic (exact) mass is 484 g/mol. The first-order valence-electron chi connectivity index (χ1n) is 10.7. The second-order valence-electron chi connectivity index (χ2n) is 8.03. The third-order valence-electron chi connectivity index (χ3n) is 5.76. The Morgan fingerprint density at radius 2 is 1.47 bits per heavy atom. The quantitative estimate of drug-likeness (QED) is 0.423. The Bertz CT molecular complexity index is 1350. The zero-order valence-corrected chi connectivity index (χ0v) is 19.3. The minimum atomic E-state index is -0.518. The summed E-state index contributed by atoms with van der Waals surface area (Å²) in [4.78, 5) is 22.3. The molecule has 1 aromatic heterocycles. The highest BCUT2D eigenvalue weighted by Crippen LogP contribution is 2.26.